The van der Waals surface area contributed by atoms with Gasteiger partial charge in [0, 0.05) is 33.9 Å². The van der Waals surface area contributed by atoms with Gasteiger partial charge in [-0.1, -0.05) is 6.07 Å². The van der Waals surface area contributed by atoms with Crippen molar-refractivity contribution in [2.75, 3.05) is 25.5 Å². The Morgan fingerprint density at radius 1 is 1.30 bits per heavy atom. The molecule has 0 unspecified atom stereocenters. The third kappa shape index (κ3) is 2.96. The number of nitrogens with zero attached hydrogens (tertiary/aromatic N) is 5. The molecule has 0 amide bonds. The van der Waals surface area contributed by atoms with E-state index in [9.17, 15) is 8.42 Å². The lowest BCUT2D eigenvalue weighted by molar-refractivity contribution is 0.389. The van der Waals surface area contributed by atoms with E-state index in [0.717, 1.165) is 24.4 Å². The number of aryl methyl sites for hydroxylation is 1. The van der Waals surface area contributed by atoms with Gasteiger partial charge in [0.1, 0.15) is 5.82 Å². The fourth-order valence-corrected chi connectivity index (χ4v) is 4.48. The average molecular weight is 335 g/mol. The molecule has 0 N–H and O–H groups in total. The standard InChI is InChI=1S/C15H21N5O2S/c1-18(2)14-8-4-6-12(17-14)13-7-5-9-20(13)23(21,22)15-10-19(3)11-16-15/h4,6,8,10-11,13H,5,7,9H2,1-3H3/t13-/m1/s1. The van der Waals surface area contributed by atoms with Gasteiger partial charge in [0.25, 0.3) is 10.0 Å². The largest absolute Gasteiger partial charge is 0.363 e. The lowest BCUT2D eigenvalue weighted by atomic mass is 10.1. The van der Waals surface area contributed by atoms with Crippen molar-refractivity contribution in [2.24, 2.45) is 7.05 Å². The van der Waals surface area contributed by atoms with Crippen molar-refractivity contribution in [1.82, 2.24) is 18.8 Å². The van der Waals surface area contributed by atoms with Crippen LogP contribution in [0.2, 0.25) is 0 Å². The summed E-state index contributed by atoms with van der Waals surface area (Å²) in [5, 5.41) is 0.0932. The number of anilines is 1. The van der Waals surface area contributed by atoms with Crippen molar-refractivity contribution in [3.63, 3.8) is 0 Å². The van der Waals surface area contributed by atoms with Crippen LogP contribution in [0.15, 0.2) is 35.7 Å². The summed E-state index contributed by atoms with van der Waals surface area (Å²) in [6.45, 7) is 0.497. The van der Waals surface area contributed by atoms with E-state index >= 15 is 0 Å². The molecule has 3 rings (SSSR count). The summed E-state index contributed by atoms with van der Waals surface area (Å²) in [6, 6.07) is 5.49. The molecule has 2 aromatic rings. The summed E-state index contributed by atoms with van der Waals surface area (Å²) in [5.74, 6) is 0.824. The molecule has 23 heavy (non-hydrogen) atoms. The summed E-state index contributed by atoms with van der Waals surface area (Å²) in [4.78, 5) is 10.5. The van der Waals surface area contributed by atoms with Crippen LogP contribution in [-0.4, -0.2) is 47.9 Å². The van der Waals surface area contributed by atoms with Gasteiger partial charge >= 0.3 is 0 Å². The van der Waals surface area contributed by atoms with E-state index in [4.69, 9.17) is 0 Å². The molecule has 0 aliphatic carbocycles. The molecule has 0 saturated carbocycles. The lowest BCUT2D eigenvalue weighted by Crippen LogP contribution is -2.31. The van der Waals surface area contributed by atoms with Crippen LogP contribution in [0.25, 0.3) is 0 Å². The van der Waals surface area contributed by atoms with E-state index in [1.165, 1.54) is 16.8 Å². The van der Waals surface area contributed by atoms with E-state index in [1.807, 2.05) is 37.2 Å². The minimum Gasteiger partial charge on any atom is -0.363 e. The molecule has 124 valence electrons. The summed E-state index contributed by atoms with van der Waals surface area (Å²) in [6.07, 6.45) is 4.64. The lowest BCUT2D eigenvalue weighted by Gasteiger charge is -2.23. The second-order valence-electron chi connectivity index (χ2n) is 5.97. The number of pyridine rings is 1. The predicted molar refractivity (Wildman–Crippen MR) is 87.6 cm³/mol. The van der Waals surface area contributed by atoms with Gasteiger partial charge < -0.3 is 9.47 Å². The van der Waals surface area contributed by atoms with E-state index in [0.29, 0.717) is 6.54 Å². The van der Waals surface area contributed by atoms with Gasteiger partial charge in [-0.25, -0.2) is 18.4 Å². The highest BCUT2D eigenvalue weighted by molar-refractivity contribution is 7.89. The molecule has 1 atom stereocenters. The predicted octanol–water partition coefficient (Wildman–Crippen LogP) is 1.41. The minimum atomic E-state index is -3.60. The molecule has 0 radical (unpaired) electrons. The molecule has 0 aromatic carbocycles. The fraction of sp³-hybridized carbons (Fsp3) is 0.467. The van der Waals surface area contributed by atoms with Crippen molar-refractivity contribution >= 4 is 15.8 Å². The maximum Gasteiger partial charge on any atom is 0.262 e. The molecular weight excluding hydrogens is 314 g/mol. The van der Waals surface area contributed by atoms with Crippen LogP contribution in [0.5, 0.6) is 0 Å². The van der Waals surface area contributed by atoms with E-state index in [-0.39, 0.29) is 11.1 Å². The molecule has 1 saturated heterocycles. The first-order valence-corrected chi connectivity index (χ1v) is 8.97. The third-order valence-corrected chi connectivity index (χ3v) is 5.81. The Kier molecular flexibility index (Phi) is 4.11. The second kappa shape index (κ2) is 5.93. The zero-order valence-corrected chi connectivity index (χ0v) is 14.4. The average Bonchev–Trinajstić information content (AvgIpc) is 3.16. The number of hydrogen-bond donors (Lipinski definition) is 0. The van der Waals surface area contributed by atoms with Crippen molar-refractivity contribution in [1.29, 1.82) is 0 Å². The molecule has 1 aliphatic heterocycles. The highest BCUT2D eigenvalue weighted by Gasteiger charge is 2.38. The molecule has 3 heterocycles. The van der Waals surface area contributed by atoms with E-state index in [2.05, 4.69) is 9.97 Å². The first kappa shape index (κ1) is 15.9. The second-order valence-corrected chi connectivity index (χ2v) is 7.80. The molecule has 0 spiro atoms. The quantitative estimate of drug-likeness (QED) is 0.845. The Bertz CT molecular complexity index is 800. The van der Waals surface area contributed by atoms with Crippen LogP contribution in [-0.2, 0) is 17.1 Å². The molecule has 7 nitrogen and oxygen atoms in total. The Balaban J connectivity index is 1.96. The van der Waals surface area contributed by atoms with Crippen LogP contribution in [0.3, 0.4) is 0 Å². The molecule has 8 heteroatoms. The maximum absolute atomic E-state index is 12.9. The number of imidazole rings is 1. The Morgan fingerprint density at radius 3 is 2.74 bits per heavy atom. The van der Waals surface area contributed by atoms with Crippen LogP contribution >= 0.6 is 0 Å². The smallest absolute Gasteiger partial charge is 0.262 e. The minimum absolute atomic E-state index is 0.0932. The number of sulfonamides is 1. The zero-order valence-electron chi connectivity index (χ0n) is 13.5. The van der Waals surface area contributed by atoms with Gasteiger partial charge in [-0.3, -0.25) is 0 Å². The van der Waals surface area contributed by atoms with Crippen LogP contribution in [0.4, 0.5) is 5.82 Å². The highest BCUT2D eigenvalue weighted by atomic mass is 32.2. The van der Waals surface area contributed by atoms with E-state index < -0.39 is 10.0 Å². The monoisotopic (exact) mass is 335 g/mol. The van der Waals surface area contributed by atoms with Gasteiger partial charge in [0.05, 0.1) is 18.1 Å². The first-order valence-electron chi connectivity index (χ1n) is 7.53. The molecular formula is C15H21N5O2S. The van der Waals surface area contributed by atoms with Gasteiger partial charge in [0.15, 0.2) is 5.03 Å². The van der Waals surface area contributed by atoms with Crippen LogP contribution < -0.4 is 4.90 Å². The van der Waals surface area contributed by atoms with Gasteiger partial charge in [-0.15, -0.1) is 0 Å². The third-order valence-electron chi connectivity index (χ3n) is 4.01. The number of rotatable bonds is 4. The summed E-state index contributed by atoms with van der Waals surface area (Å²) in [5.41, 5.74) is 0.785. The first-order chi connectivity index (χ1) is 10.9. The fourth-order valence-electron chi connectivity index (χ4n) is 2.84. The van der Waals surface area contributed by atoms with Crippen molar-refractivity contribution < 1.29 is 8.42 Å². The van der Waals surface area contributed by atoms with Gasteiger partial charge in [-0.05, 0) is 25.0 Å². The van der Waals surface area contributed by atoms with Gasteiger partial charge in [0.2, 0.25) is 0 Å². The summed E-state index contributed by atoms with van der Waals surface area (Å²) in [7, 11) is 2.00. The Morgan fingerprint density at radius 2 is 2.09 bits per heavy atom. The maximum atomic E-state index is 12.9. The van der Waals surface area contributed by atoms with E-state index in [1.54, 1.807) is 11.6 Å². The van der Waals surface area contributed by atoms with Crippen LogP contribution in [0.1, 0.15) is 24.6 Å². The van der Waals surface area contributed by atoms with Crippen molar-refractivity contribution in [3.05, 3.63) is 36.4 Å². The zero-order chi connectivity index (χ0) is 16.6. The van der Waals surface area contributed by atoms with Gasteiger partial charge in [-0.2, -0.15) is 4.31 Å². The topological polar surface area (TPSA) is 71.3 Å². The molecule has 2 aromatic heterocycles. The molecule has 1 aliphatic rings. The summed E-state index contributed by atoms with van der Waals surface area (Å²) < 4.78 is 28.9. The van der Waals surface area contributed by atoms with Crippen molar-refractivity contribution in [2.45, 2.75) is 23.9 Å². The normalized spacial score (nSPS) is 19.2. The summed E-state index contributed by atoms with van der Waals surface area (Å²) >= 11 is 0. The Labute approximate surface area is 136 Å². The number of aromatic nitrogens is 3. The van der Waals surface area contributed by atoms with Crippen molar-refractivity contribution in [3.8, 4) is 0 Å². The number of hydrogen-bond acceptors (Lipinski definition) is 5. The Hall–Kier alpha value is -1.93. The van der Waals surface area contributed by atoms with Crippen LogP contribution in [0, 0.1) is 0 Å². The highest BCUT2D eigenvalue weighted by Crippen LogP contribution is 2.35. The molecule has 0 bridgehead atoms. The molecule has 1 fully saturated rings. The SMILES string of the molecule is CN(C)c1cccc([C@H]2CCCN2S(=O)(=O)c2cn(C)cn2)n1.